The number of methoxy groups -OCH3 is 2. The van der Waals surface area contributed by atoms with E-state index in [1.54, 1.807) is 32.4 Å². The third kappa shape index (κ3) is 3.06. The zero-order chi connectivity index (χ0) is 17.3. The number of rotatable bonds is 4. The summed E-state index contributed by atoms with van der Waals surface area (Å²) >= 11 is 1.54. The molecule has 1 heterocycles. The van der Waals surface area contributed by atoms with Crippen molar-refractivity contribution in [3.8, 4) is 11.5 Å². The third-order valence-corrected chi connectivity index (χ3v) is 5.50. The van der Waals surface area contributed by atoms with Crippen molar-refractivity contribution in [3.05, 3.63) is 34.2 Å². The van der Waals surface area contributed by atoms with E-state index in [1.807, 2.05) is 0 Å². The predicted molar refractivity (Wildman–Crippen MR) is 97.4 cm³/mol. The highest BCUT2D eigenvalue weighted by atomic mass is 32.1. The molecule has 3 N–H and O–H groups in total. The Morgan fingerprint density at radius 3 is 2.83 bits per heavy atom. The van der Waals surface area contributed by atoms with Crippen LogP contribution < -0.4 is 20.5 Å². The molecule has 1 aromatic carbocycles. The average molecular weight is 346 g/mol. The number of fused-ring (bicyclic) bond motifs is 1. The Hall–Kier alpha value is -2.21. The van der Waals surface area contributed by atoms with Gasteiger partial charge in [-0.15, -0.1) is 11.3 Å². The van der Waals surface area contributed by atoms with Crippen LogP contribution in [0.2, 0.25) is 0 Å². The van der Waals surface area contributed by atoms with Gasteiger partial charge in [0, 0.05) is 10.9 Å². The minimum Gasteiger partial charge on any atom is -0.497 e. The zero-order valence-electron chi connectivity index (χ0n) is 14.1. The van der Waals surface area contributed by atoms with Crippen molar-refractivity contribution in [1.29, 1.82) is 0 Å². The Labute approximate surface area is 145 Å². The fourth-order valence-electron chi connectivity index (χ4n) is 3.12. The molecule has 1 atom stereocenters. The molecule has 0 radical (unpaired) electrons. The fraction of sp³-hybridized carbons (Fsp3) is 0.389. The maximum absolute atomic E-state index is 12.8. The van der Waals surface area contributed by atoms with Crippen LogP contribution in [0.1, 0.15) is 34.1 Å². The Morgan fingerprint density at radius 1 is 1.33 bits per heavy atom. The van der Waals surface area contributed by atoms with Gasteiger partial charge in [0.1, 0.15) is 11.5 Å². The van der Waals surface area contributed by atoms with Gasteiger partial charge in [-0.05, 0) is 42.9 Å². The fourth-order valence-corrected chi connectivity index (χ4v) is 4.40. The molecule has 6 heteroatoms. The Morgan fingerprint density at radius 2 is 2.12 bits per heavy atom. The molecule has 2 aromatic rings. The Balaban J connectivity index is 1.91. The summed E-state index contributed by atoms with van der Waals surface area (Å²) in [6.45, 7) is 2.24. The second-order valence-electron chi connectivity index (χ2n) is 6.11. The van der Waals surface area contributed by atoms with E-state index < -0.39 is 0 Å². The molecule has 0 fully saturated rings. The number of ether oxygens (including phenoxy) is 2. The molecule has 1 aliphatic rings. The molecule has 0 aliphatic heterocycles. The van der Waals surface area contributed by atoms with Crippen molar-refractivity contribution in [3.63, 3.8) is 0 Å². The molecule has 0 bridgehead atoms. The SMILES string of the molecule is COc1ccc(OC)c(NC(=O)c2c(N)sc3c2CC[C@H](C)C3)c1. The maximum atomic E-state index is 12.8. The lowest BCUT2D eigenvalue weighted by molar-refractivity contribution is 0.102. The van der Waals surface area contributed by atoms with E-state index in [0.717, 1.165) is 24.8 Å². The molecular weight excluding hydrogens is 324 g/mol. The maximum Gasteiger partial charge on any atom is 0.259 e. The summed E-state index contributed by atoms with van der Waals surface area (Å²) in [5.41, 5.74) is 8.45. The van der Waals surface area contributed by atoms with Crippen molar-refractivity contribution >= 4 is 27.9 Å². The molecule has 0 saturated carbocycles. The lowest BCUT2D eigenvalue weighted by Crippen LogP contribution is -2.18. The second-order valence-corrected chi connectivity index (χ2v) is 7.25. The first-order chi connectivity index (χ1) is 11.5. The van der Waals surface area contributed by atoms with Gasteiger partial charge in [0.15, 0.2) is 0 Å². The van der Waals surface area contributed by atoms with Crippen molar-refractivity contribution in [2.24, 2.45) is 5.92 Å². The van der Waals surface area contributed by atoms with Crippen LogP contribution in [0.4, 0.5) is 10.7 Å². The minimum absolute atomic E-state index is 0.189. The largest absolute Gasteiger partial charge is 0.497 e. The predicted octanol–water partition coefficient (Wildman–Crippen LogP) is 3.72. The molecule has 1 aliphatic carbocycles. The summed E-state index contributed by atoms with van der Waals surface area (Å²) in [7, 11) is 3.15. The number of benzene rings is 1. The van der Waals surface area contributed by atoms with Gasteiger partial charge in [-0.1, -0.05) is 6.92 Å². The first kappa shape index (κ1) is 16.6. The molecule has 0 spiro atoms. The van der Waals surface area contributed by atoms with Crippen molar-refractivity contribution in [2.45, 2.75) is 26.2 Å². The molecule has 0 unspecified atom stereocenters. The monoisotopic (exact) mass is 346 g/mol. The third-order valence-electron chi connectivity index (χ3n) is 4.42. The van der Waals surface area contributed by atoms with Crippen molar-refractivity contribution < 1.29 is 14.3 Å². The summed E-state index contributed by atoms with van der Waals surface area (Å²) in [5.74, 6) is 1.69. The smallest absolute Gasteiger partial charge is 0.259 e. The van der Waals surface area contributed by atoms with Crippen LogP contribution in [-0.2, 0) is 12.8 Å². The first-order valence-electron chi connectivity index (χ1n) is 7.96. The molecule has 3 rings (SSSR count). The standard InChI is InChI=1S/C18H22N2O3S/c1-10-4-6-12-15(8-10)24-17(19)16(12)18(21)20-13-9-11(22-2)5-7-14(13)23-3/h5,7,9-10H,4,6,8,19H2,1-3H3,(H,20,21)/t10-/m0/s1. The van der Waals surface area contributed by atoms with Crippen LogP contribution in [0.3, 0.4) is 0 Å². The summed E-state index contributed by atoms with van der Waals surface area (Å²) < 4.78 is 10.5. The Bertz CT molecular complexity index is 770. The number of nitrogens with one attached hydrogen (secondary N) is 1. The van der Waals surface area contributed by atoms with Crippen LogP contribution in [0.25, 0.3) is 0 Å². The van der Waals surface area contributed by atoms with E-state index >= 15 is 0 Å². The molecule has 0 saturated heterocycles. The molecule has 24 heavy (non-hydrogen) atoms. The highest BCUT2D eigenvalue weighted by Gasteiger charge is 2.27. The number of nitrogens with two attached hydrogens (primary N) is 1. The summed E-state index contributed by atoms with van der Waals surface area (Å²) in [5, 5.41) is 3.51. The van der Waals surface area contributed by atoms with Crippen LogP contribution in [0.15, 0.2) is 18.2 Å². The Kier molecular flexibility index (Phi) is 4.66. The van der Waals surface area contributed by atoms with Gasteiger partial charge in [0.25, 0.3) is 5.91 Å². The van der Waals surface area contributed by atoms with Crippen molar-refractivity contribution in [2.75, 3.05) is 25.3 Å². The van der Waals surface area contributed by atoms with E-state index in [-0.39, 0.29) is 5.91 Å². The van der Waals surface area contributed by atoms with Gasteiger partial charge in [0.05, 0.1) is 30.5 Å². The minimum atomic E-state index is -0.189. The highest BCUT2D eigenvalue weighted by molar-refractivity contribution is 7.16. The normalized spacial score (nSPS) is 16.4. The van der Waals surface area contributed by atoms with Crippen LogP contribution >= 0.6 is 11.3 Å². The van der Waals surface area contributed by atoms with Crippen LogP contribution in [-0.4, -0.2) is 20.1 Å². The summed E-state index contributed by atoms with van der Waals surface area (Å²) in [4.78, 5) is 14.1. The number of amides is 1. The summed E-state index contributed by atoms with van der Waals surface area (Å²) in [6.07, 6.45) is 2.99. The average Bonchev–Trinajstić information content (AvgIpc) is 2.89. The molecule has 128 valence electrons. The topological polar surface area (TPSA) is 73.6 Å². The number of carbonyl (C=O) groups is 1. The first-order valence-corrected chi connectivity index (χ1v) is 8.78. The van der Waals surface area contributed by atoms with Gasteiger partial charge in [-0.25, -0.2) is 0 Å². The molecular formula is C18H22N2O3S. The van der Waals surface area contributed by atoms with E-state index in [1.165, 1.54) is 16.2 Å². The number of anilines is 2. The van der Waals surface area contributed by atoms with E-state index in [9.17, 15) is 4.79 Å². The van der Waals surface area contributed by atoms with E-state index in [0.29, 0.717) is 33.7 Å². The molecule has 5 nitrogen and oxygen atoms in total. The number of thiophene rings is 1. The van der Waals surface area contributed by atoms with Gasteiger partial charge in [0.2, 0.25) is 0 Å². The van der Waals surface area contributed by atoms with E-state index in [2.05, 4.69) is 12.2 Å². The van der Waals surface area contributed by atoms with Crippen molar-refractivity contribution in [1.82, 2.24) is 0 Å². The lowest BCUT2D eigenvalue weighted by atomic mass is 9.88. The van der Waals surface area contributed by atoms with Crippen LogP contribution in [0, 0.1) is 5.92 Å². The zero-order valence-corrected chi connectivity index (χ0v) is 15.0. The number of nitrogen functional groups attached to an aromatic ring is 1. The van der Waals surface area contributed by atoms with Gasteiger partial charge in [-0.2, -0.15) is 0 Å². The second kappa shape index (κ2) is 6.73. The van der Waals surface area contributed by atoms with Crippen LogP contribution in [0.5, 0.6) is 11.5 Å². The number of hydrogen-bond donors (Lipinski definition) is 2. The van der Waals surface area contributed by atoms with Gasteiger partial charge in [-0.3, -0.25) is 4.79 Å². The van der Waals surface area contributed by atoms with E-state index in [4.69, 9.17) is 15.2 Å². The van der Waals surface area contributed by atoms with Gasteiger partial charge >= 0.3 is 0 Å². The highest BCUT2D eigenvalue weighted by Crippen LogP contribution is 2.39. The molecule has 1 amide bonds. The summed E-state index contributed by atoms with van der Waals surface area (Å²) in [6, 6.07) is 5.30. The number of carbonyl (C=O) groups excluding carboxylic acids is 1. The lowest BCUT2D eigenvalue weighted by Gasteiger charge is -2.19. The van der Waals surface area contributed by atoms with Gasteiger partial charge < -0.3 is 20.5 Å². The molecule has 1 aromatic heterocycles. The number of hydrogen-bond acceptors (Lipinski definition) is 5. The quantitative estimate of drug-likeness (QED) is 0.885.